The molecule has 0 bridgehead atoms. The number of carbonyl (C=O) groups excluding carboxylic acids is 4. The highest BCUT2D eigenvalue weighted by molar-refractivity contribution is 7.13. The number of piperidine rings is 1. The zero-order valence-corrected chi connectivity index (χ0v) is 49.0. The molecule has 5 heterocycles. The van der Waals surface area contributed by atoms with E-state index in [1.165, 1.54) is 36.2 Å². The Morgan fingerprint density at radius 1 is 0.950 bits per heavy atom. The predicted octanol–water partition coefficient (Wildman–Crippen LogP) is 9.81. The Balaban J connectivity index is 0.816. The van der Waals surface area contributed by atoms with Crippen LogP contribution >= 0.6 is 11.3 Å². The summed E-state index contributed by atoms with van der Waals surface area (Å²) >= 11 is 1.56. The lowest BCUT2D eigenvalue weighted by atomic mass is 9.82. The maximum atomic E-state index is 15.9. The van der Waals surface area contributed by atoms with Crippen LogP contribution in [-0.4, -0.2) is 136 Å². The largest absolute Gasteiger partial charge is 0.495 e. The molecule has 8 rings (SSSR count). The number of aryl methyl sites for hydroxylation is 1. The average Bonchev–Trinajstić information content (AvgIpc) is 4.24. The molecule has 2 aromatic carbocycles. The first-order chi connectivity index (χ1) is 37.7. The van der Waals surface area contributed by atoms with Crippen LogP contribution in [0.1, 0.15) is 147 Å². The number of rotatable bonds is 20. The van der Waals surface area contributed by atoms with Crippen molar-refractivity contribution in [1.82, 2.24) is 35.4 Å². The van der Waals surface area contributed by atoms with Crippen molar-refractivity contribution in [3.8, 4) is 21.9 Å². The number of ether oxygens (including phenoxy) is 2. The topological polar surface area (TPSA) is 195 Å². The SMILES string of the molecule is COc1cc(C(=O)NC2CCN(CCC(C)(C)CCCC(C)(C)Oc3cc(-c4scnc4C)ccc3CNC(=O)[C@@H]3C[C@@H](O)CN3C(=O)CC(C)(C)C)CC2)c(F)cc1Nc1ncc2c(n1)N(C1CCCC1)CC(F)(F)C(=O)N2C. The fourth-order valence-corrected chi connectivity index (χ4v) is 12.2. The van der Waals surface area contributed by atoms with Gasteiger partial charge in [-0.25, -0.2) is 14.4 Å². The molecule has 0 unspecified atom stereocenters. The fraction of sp³-hybridized carbons (Fsp3) is 0.610. The van der Waals surface area contributed by atoms with E-state index in [1.54, 1.807) is 11.3 Å². The number of nitrogens with one attached hydrogen (secondary N) is 3. The normalized spacial score (nSPS) is 19.5. The number of alkyl halides is 2. The number of anilines is 4. The van der Waals surface area contributed by atoms with Crippen LogP contribution in [0.25, 0.3) is 10.4 Å². The summed E-state index contributed by atoms with van der Waals surface area (Å²) in [6, 6.07) is 7.32. The third-order valence-electron chi connectivity index (χ3n) is 16.1. The summed E-state index contributed by atoms with van der Waals surface area (Å²) in [5.41, 5.74) is 3.83. The number of aromatic nitrogens is 3. The van der Waals surface area contributed by atoms with Crippen LogP contribution < -0.4 is 35.2 Å². The van der Waals surface area contributed by atoms with E-state index >= 15 is 13.2 Å². The van der Waals surface area contributed by atoms with Crippen LogP contribution in [0.4, 0.5) is 36.3 Å². The van der Waals surface area contributed by atoms with Crippen molar-refractivity contribution in [2.75, 3.05) is 62.0 Å². The Hall–Kier alpha value is -6.06. The first kappa shape index (κ1) is 60.0. The van der Waals surface area contributed by atoms with E-state index in [0.29, 0.717) is 31.4 Å². The number of aliphatic hydroxyl groups is 1. The molecule has 0 spiro atoms. The number of aliphatic hydroxyl groups excluding tert-OH is 1. The molecule has 4 N–H and O–H groups in total. The first-order valence-electron chi connectivity index (χ1n) is 28.1. The average molecular weight is 1130 g/mol. The van der Waals surface area contributed by atoms with E-state index in [9.17, 15) is 24.3 Å². The van der Waals surface area contributed by atoms with Crippen LogP contribution in [0.5, 0.6) is 11.5 Å². The summed E-state index contributed by atoms with van der Waals surface area (Å²) in [6.07, 6.45) is 9.15. The highest BCUT2D eigenvalue weighted by Gasteiger charge is 2.49. The Morgan fingerprint density at radius 3 is 2.35 bits per heavy atom. The van der Waals surface area contributed by atoms with Gasteiger partial charge in [0.2, 0.25) is 17.8 Å². The van der Waals surface area contributed by atoms with Gasteiger partial charge < -0.3 is 50.1 Å². The minimum atomic E-state index is -3.64. The van der Waals surface area contributed by atoms with Crippen LogP contribution in [-0.2, 0) is 20.9 Å². The minimum absolute atomic E-state index is 0.0170. The molecule has 2 aromatic heterocycles. The number of β-amino-alcohol motifs (C(OH)–C–C–N with tert-alkyl or cyclic N) is 1. The van der Waals surface area contributed by atoms with Gasteiger partial charge in [-0.05, 0) is 107 Å². The van der Waals surface area contributed by atoms with Crippen molar-refractivity contribution in [2.45, 2.75) is 175 Å². The highest BCUT2D eigenvalue weighted by atomic mass is 32.1. The fourth-order valence-electron chi connectivity index (χ4n) is 11.4. The highest BCUT2D eigenvalue weighted by Crippen LogP contribution is 2.41. The van der Waals surface area contributed by atoms with Gasteiger partial charge >= 0.3 is 5.92 Å². The summed E-state index contributed by atoms with van der Waals surface area (Å²) in [7, 11) is 2.67. The molecule has 17 nitrogen and oxygen atoms in total. The van der Waals surface area contributed by atoms with E-state index in [-0.39, 0.29) is 95.1 Å². The van der Waals surface area contributed by atoms with Gasteiger partial charge in [-0.15, -0.1) is 11.3 Å². The molecule has 4 aliphatic rings. The number of hydrogen-bond donors (Lipinski definition) is 4. The summed E-state index contributed by atoms with van der Waals surface area (Å²) in [5.74, 6) is -5.81. The van der Waals surface area contributed by atoms with Crippen LogP contribution in [0.2, 0.25) is 0 Å². The summed E-state index contributed by atoms with van der Waals surface area (Å²) in [6.45, 7) is 18.6. The maximum Gasteiger partial charge on any atom is 0.342 e. The predicted molar refractivity (Wildman–Crippen MR) is 304 cm³/mol. The molecule has 436 valence electrons. The smallest absolute Gasteiger partial charge is 0.342 e. The summed E-state index contributed by atoms with van der Waals surface area (Å²) in [4.78, 5) is 73.9. The van der Waals surface area contributed by atoms with Gasteiger partial charge in [0.1, 0.15) is 34.6 Å². The number of fused-ring (bicyclic) bond motifs is 1. The Morgan fingerprint density at radius 2 is 1.68 bits per heavy atom. The van der Waals surface area contributed by atoms with Gasteiger partial charge in [0.05, 0.1) is 53.3 Å². The van der Waals surface area contributed by atoms with E-state index in [4.69, 9.17) is 9.47 Å². The van der Waals surface area contributed by atoms with Gasteiger partial charge in [-0.2, -0.15) is 13.8 Å². The number of benzene rings is 2. The van der Waals surface area contributed by atoms with Gasteiger partial charge in [0.25, 0.3) is 11.8 Å². The summed E-state index contributed by atoms with van der Waals surface area (Å²) < 4.78 is 58.6. The number of methoxy groups -OCH3 is 1. The molecule has 1 aliphatic carbocycles. The summed E-state index contributed by atoms with van der Waals surface area (Å²) in [5, 5.41) is 19.5. The molecular formula is C59H81F3N10O7S. The molecule has 0 radical (unpaired) electrons. The Bertz CT molecular complexity index is 2880. The quantitative estimate of drug-likeness (QED) is 0.0654. The molecule has 3 fully saturated rings. The van der Waals surface area contributed by atoms with Gasteiger partial charge in [0, 0.05) is 69.8 Å². The van der Waals surface area contributed by atoms with Crippen LogP contribution in [0.15, 0.2) is 42.0 Å². The van der Waals surface area contributed by atoms with Crippen LogP contribution in [0, 0.1) is 23.6 Å². The van der Waals surface area contributed by atoms with E-state index in [0.717, 1.165) is 90.8 Å². The Labute approximate surface area is 472 Å². The standard InChI is InChI=1S/C59H81F3N10O7S/c1-36-50(80-35-65-36)37-16-17-38(31-63-53(76)45-27-41(73)33-71(45)49(74)30-56(2,3)4)47(26-37)79-58(7,8)21-13-20-57(5,6)22-25-70-23-18-39(19-24-70)66-52(75)42-28-48(78-10)44(29-43(42)60)67-55-64-32-46-51(68-55)72(40-14-11-12-15-40)34-59(61,62)54(77)69(46)9/h16-17,26,28-29,32,35,39-41,45,73H,11-15,18-25,27,30-31,33-34H2,1-10H3,(H,63,76)(H,66,75)(H,64,67,68)/t41-,45+/m1/s1. The van der Waals surface area contributed by atoms with Crippen molar-refractivity contribution < 1.29 is 46.9 Å². The molecular weight excluding hydrogens is 1050 g/mol. The number of nitrogens with zero attached hydrogens (tertiary/aromatic N) is 7. The number of thiazole rings is 1. The number of hydrogen-bond acceptors (Lipinski definition) is 14. The number of likely N-dealkylation sites (tertiary alicyclic amines) is 2. The van der Waals surface area contributed by atoms with Gasteiger partial charge in [-0.1, -0.05) is 59.6 Å². The van der Waals surface area contributed by atoms with Gasteiger partial charge in [-0.3, -0.25) is 19.2 Å². The van der Waals surface area contributed by atoms with Crippen molar-refractivity contribution in [1.29, 1.82) is 0 Å². The second-order valence-corrected chi connectivity index (χ2v) is 25.8. The number of halogens is 3. The molecule has 4 amide bonds. The van der Waals surface area contributed by atoms with Crippen LogP contribution in [0.3, 0.4) is 0 Å². The number of amides is 4. The van der Waals surface area contributed by atoms with Gasteiger partial charge in [0.15, 0.2) is 5.82 Å². The third kappa shape index (κ3) is 14.7. The lowest BCUT2D eigenvalue weighted by Crippen LogP contribution is -2.48. The lowest BCUT2D eigenvalue weighted by Gasteiger charge is -2.35. The van der Waals surface area contributed by atoms with Crippen molar-refractivity contribution in [3.05, 3.63) is 64.7 Å². The molecule has 3 aliphatic heterocycles. The second kappa shape index (κ2) is 24.6. The minimum Gasteiger partial charge on any atom is -0.495 e. The molecule has 21 heteroatoms. The molecule has 1 saturated carbocycles. The van der Waals surface area contributed by atoms with Crippen molar-refractivity contribution >= 4 is 58.1 Å². The van der Waals surface area contributed by atoms with E-state index < -0.39 is 47.8 Å². The first-order valence-corrected chi connectivity index (χ1v) is 29.0. The second-order valence-electron chi connectivity index (χ2n) is 24.9. The zero-order chi connectivity index (χ0) is 57.9. The van der Waals surface area contributed by atoms with E-state index in [1.807, 2.05) is 51.4 Å². The van der Waals surface area contributed by atoms with Crippen molar-refractivity contribution in [2.24, 2.45) is 10.8 Å². The van der Waals surface area contributed by atoms with E-state index in [2.05, 4.69) is 63.5 Å². The Kier molecular flexibility index (Phi) is 18.4. The number of carbonyl (C=O) groups is 4. The monoisotopic (exact) mass is 1130 g/mol. The molecule has 2 atom stereocenters. The molecule has 80 heavy (non-hydrogen) atoms. The maximum absolute atomic E-state index is 15.9. The van der Waals surface area contributed by atoms with Crippen molar-refractivity contribution in [3.63, 3.8) is 0 Å². The molecule has 4 aromatic rings. The third-order valence-corrected chi connectivity index (χ3v) is 17.1. The zero-order valence-electron chi connectivity index (χ0n) is 48.1. The molecule has 2 saturated heterocycles. The lowest BCUT2D eigenvalue weighted by molar-refractivity contribution is -0.140.